The van der Waals surface area contributed by atoms with E-state index in [2.05, 4.69) is 15.2 Å². The maximum absolute atomic E-state index is 12.0. The maximum Gasteiger partial charge on any atom is 0.136 e. The zero-order valence-electron chi connectivity index (χ0n) is 21.3. The predicted molar refractivity (Wildman–Crippen MR) is 138 cm³/mol. The van der Waals surface area contributed by atoms with Crippen molar-refractivity contribution in [1.82, 2.24) is 0 Å². The fourth-order valence-corrected chi connectivity index (χ4v) is 3.22. The minimum absolute atomic E-state index is 0.0377. The van der Waals surface area contributed by atoms with E-state index in [-0.39, 0.29) is 113 Å². The van der Waals surface area contributed by atoms with Crippen molar-refractivity contribution in [3.8, 4) is 0 Å². The lowest BCUT2D eigenvalue weighted by atomic mass is 10.0. The van der Waals surface area contributed by atoms with E-state index in [1.165, 1.54) is 0 Å². The summed E-state index contributed by atoms with van der Waals surface area (Å²) in [5.74, 6) is -0.724. The first-order valence-corrected chi connectivity index (χ1v) is 12.3. The minimum Gasteiger partial charge on any atom is -0.395 e. The highest BCUT2D eigenvalue weighted by Gasteiger charge is 2.13. The number of hydrogen-bond donors (Lipinski definition) is 1. The van der Waals surface area contributed by atoms with Crippen molar-refractivity contribution in [2.75, 3.05) is 13.2 Å². The maximum atomic E-state index is 12.0. The molecule has 1 aromatic rings. The van der Waals surface area contributed by atoms with Crippen molar-refractivity contribution in [3.63, 3.8) is 0 Å². The quantitative estimate of drug-likeness (QED) is 0.0644. The van der Waals surface area contributed by atoms with E-state index in [1.54, 1.807) is 6.92 Å². The molecule has 0 atom stereocenters. The molecule has 0 fully saturated rings. The molecule has 0 aliphatic heterocycles. The fraction of sp³-hybridized carbons (Fsp3) is 0.538. The lowest BCUT2D eigenvalue weighted by Gasteiger charge is -2.04. The summed E-state index contributed by atoms with van der Waals surface area (Å²) < 4.78 is 0. The molecule has 0 spiro atoms. The van der Waals surface area contributed by atoms with Crippen LogP contribution in [0.15, 0.2) is 34.5 Å². The van der Waals surface area contributed by atoms with Crippen molar-refractivity contribution in [1.29, 1.82) is 0 Å². The van der Waals surface area contributed by atoms with Gasteiger partial charge in [0.2, 0.25) is 0 Å². The summed E-state index contributed by atoms with van der Waals surface area (Å²) in [6.45, 7) is 2.38. The molecule has 0 aliphatic carbocycles. The normalized spacial score (nSPS) is 10.9. The number of Topliss-reactive ketones (excluding diaryl/α,β-unsaturated/α-hetero) is 5. The number of nitrogens with two attached hydrogens (primary N) is 1. The van der Waals surface area contributed by atoms with Crippen LogP contribution < -0.4 is 5.73 Å². The number of carbonyl (C=O) groups excluding carboxylic acids is 5. The van der Waals surface area contributed by atoms with Gasteiger partial charge in [-0.1, -0.05) is 34.5 Å². The average Bonchev–Trinajstić information content (AvgIpc) is 2.89. The number of ketones is 5. The van der Waals surface area contributed by atoms with Crippen LogP contribution in [0, 0.1) is 0 Å². The molecule has 0 amide bonds. The molecule has 0 saturated heterocycles. The Bertz CT molecular complexity index is 1010. The Morgan fingerprint density at radius 3 is 1.62 bits per heavy atom. The van der Waals surface area contributed by atoms with Crippen molar-refractivity contribution >= 4 is 34.6 Å². The van der Waals surface area contributed by atoms with Gasteiger partial charge in [-0.15, -0.1) is 0 Å². The summed E-state index contributed by atoms with van der Waals surface area (Å²) in [5, 5.41) is 7.49. The van der Waals surface area contributed by atoms with E-state index in [9.17, 15) is 24.0 Å². The highest BCUT2D eigenvalue weighted by atomic mass is 16.6. The van der Waals surface area contributed by atoms with E-state index in [0.29, 0.717) is 5.71 Å². The molecule has 37 heavy (non-hydrogen) atoms. The lowest BCUT2D eigenvalue weighted by Crippen LogP contribution is -2.11. The molecule has 200 valence electrons. The monoisotopic (exact) mass is 513 g/mol. The minimum atomic E-state index is -0.187. The largest absolute Gasteiger partial charge is 0.395 e. The number of nitrogens with zero attached hydrogens (tertiary/aromatic N) is 4. The van der Waals surface area contributed by atoms with Crippen molar-refractivity contribution in [2.24, 2.45) is 16.0 Å². The second-order valence-electron chi connectivity index (χ2n) is 8.58. The number of carbonyl (C=O) groups is 5. The number of rotatable bonds is 21. The third-order valence-electron chi connectivity index (χ3n) is 5.52. The Morgan fingerprint density at radius 1 is 0.757 bits per heavy atom. The Balaban J connectivity index is 2.19. The van der Waals surface area contributed by atoms with Gasteiger partial charge in [0.25, 0.3) is 0 Å². The van der Waals surface area contributed by atoms with Gasteiger partial charge in [-0.2, -0.15) is 0 Å². The summed E-state index contributed by atoms with van der Waals surface area (Å²) >= 11 is 0. The lowest BCUT2D eigenvalue weighted by molar-refractivity contribution is -0.127. The van der Waals surface area contributed by atoms with Gasteiger partial charge in [0.1, 0.15) is 35.5 Å². The third kappa shape index (κ3) is 15.1. The van der Waals surface area contributed by atoms with Gasteiger partial charge in [-0.05, 0) is 30.1 Å². The van der Waals surface area contributed by atoms with E-state index in [0.717, 1.165) is 11.1 Å². The van der Waals surface area contributed by atoms with Crippen LogP contribution in [0.25, 0.3) is 10.4 Å². The molecule has 1 rings (SSSR count). The second kappa shape index (κ2) is 18.6. The zero-order valence-corrected chi connectivity index (χ0v) is 21.3. The van der Waals surface area contributed by atoms with Gasteiger partial charge in [-0.3, -0.25) is 24.0 Å². The highest BCUT2D eigenvalue weighted by Crippen LogP contribution is 2.09. The van der Waals surface area contributed by atoms with Crippen molar-refractivity contribution in [3.05, 3.63) is 45.8 Å². The van der Waals surface area contributed by atoms with E-state index >= 15 is 0 Å². The molecular formula is C26H35N5O6. The van der Waals surface area contributed by atoms with Crippen LogP contribution in [0.3, 0.4) is 0 Å². The molecule has 11 heteroatoms. The molecule has 0 radical (unpaired) electrons. The van der Waals surface area contributed by atoms with Crippen LogP contribution in [-0.2, 0) is 35.4 Å². The van der Waals surface area contributed by atoms with Crippen LogP contribution in [0.1, 0.15) is 82.3 Å². The fourth-order valence-electron chi connectivity index (χ4n) is 3.22. The molecule has 11 nitrogen and oxygen atoms in total. The predicted octanol–water partition coefficient (Wildman–Crippen LogP) is 3.94. The first-order valence-electron chi connectivity index (χ1n) is 12.3. The Morgan fingerprint density at radius 2 is 1.19 bits per heavy atom. The number of benzene rings is 1. The Kier molecular flexibility index (Phi) is 15.7. The summed E-state index contributed by atoms with van der Waals surface area (Å²) in [5.41, 5.74) is 16.0. The molecule has 0 aromatic heterocycles. The molecule has 0 unspecified atom stereocenters. The van der Waals surface area contributed by atoms with Crippen LogP contribution in [-0.4, -0.2) is 47.8 Å². The van der Waals surface area contributed by atoms with Crippen molar-refractivity contribution < 1.29 is 28.8 Å². The van der Waals surface area contributed by atoms with Crippen molar-refractivity contribution in [2.45, 2.75) is 77.7 Å². The van der Waals surface area contributed by atoms with E-state index in [1.807, 2.05) is 24.3 Å². The van der Waals surface area contributed by atoms with E-state index in [4.69, 9.17) is 16.1 Å². The molecule has 0 heterocycles. The van der Waals surface area contributed by atoms with Gasteiger partial charge in [0, 0.05) is 69.1 Å². The molecule has 0 aliphatic rings. The summed E-state index contributed by atoms with van der Waals surface area (Å²) in [6, 6.07) is 7.31. The molecular weight excluding hydrogens is 478 g/mol. The molecule has 0 saturated carbocycles. The average molecular weight is 514 g/mol. The van der Waals surface area contributed by atoms with Gasteiger partial charge in [0.05, 0.1) is 12.3 Å². The highest BCUT2D eigenvalue weighted by molar-refractivity contribution is 5.98. The number of hydrogen-bond acceptors (Lipinski definition) is 9. The first-order chi connectivity index (χ1) is 17.7. The van der Waals surface area contributed by atoms with Crippen LogP contribution in [0.4, 0.5) is 0 Å². The molecule has 1 aromatic carbocycles. The van der Waals surface area contributed by atoms with Gasteiger partial charge < -0.3 is 10.6 Å². The topological polar surface area (TPSA) is 182 Å². The zero-order chi connectivity index (χ0) is 27.5. The molecule has 0 bridgehead atoms. The number of azide groups is 1. The van der Waals surface area contributed by atoms with Crippen LogP contribution in [0.2, 0.25) is 0 Å². The summed E-state index contributed by atoms with van der Waals surface area (Å²) in [4.78, 5) is 67.0. The summed E-state index contributed by atoms with van der Waals surface area (Å²) in [6.07, 6.45) is 0.920. The smallest absolute Gasteiger partial charge is 0.136 e. The summed E-state index contributed by atoms with van der Waals surface area (Å²) in [7, 11) is 0. The SMILES string of the molecule is C/C(=N\OCCC(=O)CCC(=O)CCC(=O)CCC(=O)CCC(=O)CCN)c1ccc(CN=[N+]=[N-])cc1. The van der Waals surface area contributed by atoms with Gasteiger partial charge in [-0.25, -0.2) is 0 Å². The number of oxime groups is 1. The molecule has 2 N–H and O–H groups in total. The first kappa shape index (κ1) is 31.3. The third-order valence-corrected chi connectivity index (χ3v) is 5.52. The van der Waals surface area contributed by atoms with Gasteiger partial charge in [0.15, 0.2) is 0 Å². The van der Waals surface area contributed by atoms with Gasteiger partial charge >= 0.3 is 0 Å². The van der Waals surface area contributed by atoms with Crippen LogP contribution >= 0.6 is 0 Å². The Labute approximate surface area is 216 Å². The van der Waals surface area contributed by atoms with Crippen LogP contribution in [0.5, 0.6) is 0 Å². The Hall–Kier alpha value is -3.69. The second-order valence-corrected chi connectivity index (χ2v) is 8.58. The standard InChI is InChI=1S/C26H35N5O6/c1-19(21-4-2-20(3-5-21)18-29-31-28)30-37-17-15-26(36)13-11-24(34)9-7-22(32)6-8-23(33)10-12-25(35)14-16-27/h2-5H,6-18,27H2,1H3/b30-19+. The van der Waals surface area contributed by atoms with E-state index < -0.39 is 0 Å².